The fourth-order valence-corrected chi connectivity index (χ4v) is 1.98. The molecule has 0 N–H and O–H groups in total. The molecule has 4 heteroatoms. The van der Waals surface area contributed by atoms with Crippen LogP contribution in [0.5, 0.6) is 0 Å². The lowest BCUT2D eigenvalue weighted by atomic mass is 9.97. The summed E-state index contributed by atoms with van der Waals surface area (Å²) in [4.78, 5) is 0. The highest BCUT2D eigenvalue weighted by atomic mass is 19.4. The zero-order valence-electron chi connectivity index (χ0n) is 13.1. The lowest BCUT2D eigenvalue weighted by Crippen LogP contribution is -2.08. The fourth-order valence-electron chi connectivity index (χ4n) is 1.98. The van der Waals surface area contributed by atoms with Gasteiger partial charge in [0.15, 0.2) is 0 Å². The number of hydrogen-bond acceptors (Lipinski definition) is 0. The average molecular weight is 312 g/mol. The van der Waals surface area contributed by atoms with E-state index in [-0.39, 0.29) is 0 Å². The molecule has 0 aromatic heterocycles. The largest absolute Gasteiger partial charge is 0.419 e. The third-order valence-corrected chi connectivity index (χ3v) is 3.18. The maximum absolute atomic E-state index is 13.2. The Morgan fingerprint density at radius 2 is 1.32 bits per heavy atom. The summed E-state index contributed by atoms with van der Waals surface area (Å²) in [5.41, 5.74) is 0.865. The lowest BCUT2D eigenvalue weighted by Gasteiger charge is -2.11. The van der Waals surface area contributed by atoms with Crippen molar-refractivity contribution in [3.8, 4) is 11.1 Å². The SMILES string of the molecule is CC.CC(C)c1ccc(-c2ccc(F)c(C(F)(F)F)c2)cc1. The molecule has 0 unspecified atom stereocenters. The number of hydrogen-bond donors (Lipinski definition) is 0. The van der Waals surface area contributed by atoms with Crippen LogP contribution in [0.3, 0.4) is 0 Å². The Morgan fingerprint density at radius 3 is 1.77 bits per heavy atom. The Balaban J connectivity index is 0.00000116. The fraction of sp³-hybridized carbons (Fsp3) is 0.333. The highest BCUT2D eigenvalue weighted by Crippen LogP contribution is 2.34. The van der Waals surface area contributed by atoms with Gasteiger partial charge in [0.25, 0.3) is 0 Å². The highest BCUT2D eigenvalue weighted by molar-refractivity contribution is 5.64. The second-order valence-electron chi connectivity index (χ2n) is 4.97. The maximum Gasteiger partial charge on any atom is 0.419 e. The summed E-state index contributed by atoms with van der Waals surface area (Å²) in [6.45, 7) is 8.07. The summed E-state index contributed by atoms with van der Waals surface area (Å²) in [7, 11) is 0. The molecule has 2 aromatic carbocycles. The molecule has 0 heterocycles. The van der Waals surface area contributed by atoms with Gasteiger partial charge in [0, 0.05) is 0 Å². The Kier molecular flexibility index (Phi) is 6.15. The molecule has 22 heavy (non-hydrogen) atoms. The van der Waals surface area contributed by atoms with E-state index in [0.717, 1.165) is 17.7 Å². The predicted octanol–water partition coefficient (Wildman–Crippen LogP) is 6.66. The van der Waals surface area contributed by atoms with Crippen LogP contribution < -0.4 is 0 Å². The van der Waals surface area contributed by atoms with Gasteiger partial charge in [-0.05, 0) is 34.7 Å². The monoisotopic (exact) mass is 312 g/mol. The van der Waals surface area contributed by atoms with Crippen molar-refractivity contribution >= 4 is 0 Å². The number of halogens is 4. The Labute approximate surface area is 128 Å². The van der Waals surface area contributed by atoms with Crippen LogP contribution in [0.2, 0.25) is 0 Å². The minimum Gasteiger partial charge on any atom is -0.206 e. The molecule has 0 amide bonds. The first-order valence-electron chi connectivity index (χ1n) is 7.26. The van der Waals surface area contributed by atoms with Crippen molar-refractivity contribution in [3.63, 3.8) is 0 Å². The van der Waals surface area contributed by atoms with Crippen LogP contribution in [0.15, 0.2) is 42.5 Å². The smallest absolute Gasteiger partial charge is 0.206 e. The molecule has 0 nitrogen and oxygen atoms in total. The van der Waals surface area contributed by atoms with Crippen LogP contribution in [0.25, 0.3) is 11.1 Å². The molecule has 2 aromatic rings. The molecule has 0 spiro atoms. The van der Waals surface area contributed by atoms with Crippen molar-refractivity contribution < 1.29 is 17.6 Å². The van der Waals surface area contributed by atoms with Crippen molar-refractivity contribution in [2.75, 3.05) is 0 Å². The van der Waals surface area contributed by atoms with Crippen LogP contribution in [0.1, 0.15) is 44.7 Å². The summed E-state index contributed by atoms with van der Waals surface area (Å²) in [5.74, 6) is -0.900. The van der Waals surface area contributed by atoms with E-state index in [2.05, 4.69) is 0 Å². The molecule has 120 valence electrons. The van der Waals surface area contributed by atoms with E-state index in [4.69, 9.17) is 0 Å². The molecule has 0 aliphatic heterocycles. The van der Waals surface area contributed by atoms with E-state index >= 15 is 0 Å². The third kappa shape index (κ3) is 4.33. The van der Waals surface area contributed by atoms with Crippen LogP contribution in [-0.4, -0.2) is 0 Å². The second kappa shape index (κ2) is 7.43. The van der Waals surface area contributed by atoms with Gasteiger partial charge < -0.3 is 0 Å². The van der Waals surface area contributed by atoms with Gasteiger partial charge in [-0.2, -0.15) is 13.2 Å². The molecule has 0 saturated carbocycles. The van der Waals surface area contributed by atoms with Gasteiger partial charge in [0.1, 0.15) is 5.82 Å². The Bertz CT molecular complexity index is 595. The van der Waals surface area contributed by atoms with Crippen LogP contribution in [0.4, 0.5) is 17.6 Å². The zero-order valence-corrected chi connectivity index (χ0v) is 13.1. The van der Waals surface area contributed by atoms with Crippen molar-refractivity contribution in [3.05, 3.63) is 59.4 Å². The first-order chi connectivity index (χ1) is 10.3. The van der Waals surface area contributed by atoms with Crippen LogP contribution >= 0.6 is 0 Å². The maximum atomic E-state index is 13.2. The van der Waals surface area contributed by atoms with Gasteiger partial charge in [-0.3, -0.25) is 0 Å². The van der Waals surface area contributed by atoms with Crippen molar-refractivity contribution in [1.29, 1.82) is 0 Å². The molecule has 0 aliphatic carbocycles. The summed E-state index contributed by atoms with van der Waals surface area (Å²) in [5, 5.41) is 0. The first-order valence-corrected chi connectivity index (χ1v) is 7.26. The standard InChI is InChI=1S/C16H14F4.C2H6/c1-10(2)11-3-5-12(6-4-11)13-7-8-15(17)14(9-13)16(18,19)20;1-2/h3-10H,1-2H3;1-2H3. The molecule has 0 aliphatic rings. The van der Waals surface area contributed by atoms with E-state index in [1.807, 2.05) is 39.8 Å². The molecule has 0 atom stereocenters. The zero-order chi connectivity index (χ0) is 16.9. The van der Waals surface area contributed by atoms with Gasteiger partial charge in [-0.15, -0.1) is 0 Å². The second-order valence-corrected chi connectivity index (χ2v) is 4.97. The average Bonchev–Trinajstić information content (AvgIpc) is 2.49. The molecule has 0 fully saturated rings. The van der Waals surface area contributed by atoms with Crippen molar-refractivity contribution in [2.24, 2.45) is 0 Å². The van der Waals surface area contributed by atoms with Crippen LogP contribution in [0, 0.1) is 5.82 Å². The molecular weight excluding hydrogens is 292 g/mol. The minimum absolute atomic E-state index is 0.350. The molecular formula is C18H20F4. The molecule has 2 rings (SSSR count). The van der Waals surface area contributed by atoms with Gasteiger partial charge in [0.05, 0.1) is 5.56 Å². The minimum atomic E-state index is -4.68. The molecule has 0 bridgehead atoms. The van der Waals surface area contributed by atoms with Crippen molar-refractivity contribution in [1.82, 2.24) is 0 Å². The van der Waals surface area contributed by atoms with Gasteiger partial charge in [0.2, 0.25) is 0 Å². The lowest BCUT2D eigenvalue weighted by molar-refractivity contribution is -0.139. The van der Waals surface area contributed by atoms with E-state index in [1.165, 1.54) is 6.07 Å². The van der Waals surface area contributed by atoms with E-state index in [1.54, 1.807) is 12.1 Å². The third-order valence-electron chi connectivity index (χ3n) is 3.18. The van der Waals surface area contributed by atoms with Gasteiger partial charge in [-0.1, -0.05) is 58.0 Å². The Morgan fingerprint density at radius 1 is 0.818 bits per heavy atom. The number of rotatable bonds is 2. The summed E-state index contributed by atoms with van der Waals surface area (Å²) >= 11 is 0. The van der Waals surface area contributed by atoms with Crippen molar-refractivity contribution in [2.45, 2.75) is 39.8 Å². The number of alkyl halides is 3. The predicted molar refractivity (Wildman–Crippen MR) is 82.3 cm³/mol. The first kappa shape index (κ1) is 18.2. The van der Waals surface area contributed by atoms with E-state index in [0.29, 0.717) is 17.0 Å². The quantitative estimate of drug-likeness (QED) is 0.544. The highest BCUT2D eigenvalue weighted by Gasteiger charge is 2.34. The topological polar surface area (TPSA) is 0 Å². The summed E-state index contributed by atoms with van der Waals surface area (Å²) in [6.07, 6.45) is -4.68. The summed E-state index contributed by atoms with van der Waals surface area (Å²) in [6, 6.07) is 10.3. The van der Waals surface area contributed by atoms with E-state index < -0.39 is 17.6 Å². The molecule has 0 saturated heterocycles. The van der Waals surface area contributed by atoms with Gasteiger partial charge >= 0.3 is 6.18 Å². The Hall–Kier alpha value is -1.84. The number of benzene rings is 2. The van der Waals surface area contributed by atoms with Gasteiger partial charge in [-0.25, -0.2) is 4.39 Å². The molecule has 0 radical (unpaired) electrons. The normalized spacial score (nSPS) is 11.1. The van der Waals surface area contributed by atoms with Crippen LogP contribution in [-0.2, 0) is 6.18 Å². The summed E-state index contributed by atoms with van der Waals surface area (Å²) < 4.78 is 51.3. The van der Waals surface area contributed by atoms with E-state index in [9.17, 15) is 17.6 Å².